The number of carbonyl (C=O) groups excluding carboxylic acids is 1. The molecule has 0 aromatic rings. The molecule has 0 saturated carbocycles. The Morgan fingerprint density at radius 3 is 0.976 bits per heavy atom. The first-order valence-electron chi connectivity index (χ1n) is 12.3. The smallest absolute Gasteiger partial charge is 0.323 e. The molecule has 0 aromatic carbocycles. The topological polar surface area (TPSA) is 285 Å². The van der Waals surface area contributed by atoms with Crippen molar-refractivity contribution in [2.24, 2.45) is 0 Å². The normalized spacial score (nSPS) is 23.9. The summed E-state index contributed by atoms with van der Waals surface area (Å²) >= 11 is 0. The SMILES string of the molecule is CCOP(=O)(O)C(COP(=O)(OCC)C(CC=O)(P(=O)(O)OCC)P(=O)(O)OCC)(P(=O)(O)OCC)P(=O)(O)OCC. The molecule has 0 rings (SSSR count). The quantitative estimate of drug-likeness (QED) is 0.0724. The van der Waals surface area contributed by atoms with Crippen molar-refractivity contribution in [3.63, 3.8) is 0 Å². The van der Waals surface area contributed by atoms with Gasteiger partial charge in [0.05, 0.1) is 46.2 Å². The van der Waals surface area contributed by atoms with E-state index in [1.807, 2.05) is 0 Å². The molecule has 0 radical (unpaired) electrons. The van der Waals surface area contributed by atoms with Crippen LogP contribution in [0.1, 0.15) is 48.0 Å². The highest BCUT2D eigenvalue weighted by atomic mass is 31.3. The summed E-state index contributed by atoms with van der Waals surface area (Å²) in [6.07, 6.45) is -1.83. The highest BCUT2D eigenvalue weighted by Gasteiger charge is 2.79. The molecule has 0 saturated heterocycles. The second kappa shape index (κ2) is 16.4. The third-order valence-electron chi connectivity index (χ3n) is 5.31. The standard InChI is InChI=1S/C17H40O19P6/c1-7-30-37(19,20)16(13-14-18,38(21,22)31-8-2)42(29,35-12-6)36-15-17(39(23,24)32-9-3,40(25,26)33-10-4)41(27,28)34-11-5/h14H,7-13,15H2,1-6H3,(H,19,20)(H,21,22)(H,23,24)(H,25,26)(H,27,28). The maximum Gasteiger partial charge on any atom is 0.361 e. The van der Waals surface area contributed by atoms with E-state index in [2.05, 4.69) is 0 Å². The summed E-state index contributed by atoms with van der Waals surface area (Å²) in [6, 6.07) is 0. The maximum atomic E-state index is 14.5. The van der Waals surface area contributed by atoms with Gasteiger partial charge in [0.2, 0.25) is 0 Å². The fourth-order valence-corrected chi connectivity index (χ4v) is 19.5. The Labute approximate surface area is 243 Å². The molecule has 0 spiro atoms. The van der Waals surface area contributed by atoms with Crippen LogP contribution < -0.4 is 0 Å². The van der Waals surface area contributed by atoms with Crippen LogP contribution >= 0.6 is 45.6 Å². The van der Waals surface area contributed by atoms with E-state index in [0.717, 1.165) is 41.5 Å². The summed E-state index contributed by atoms with van der Waals surface area (Å²) in [5.41, 5.74) is 0. The lowest BCUT2D eigenvalue weighted by Gasteiger charge is -2.43. The zero-order chi connectivity index (χ0) is 33.3. The minimum Gasteiger partial charge on any atom is -0.323 e. The van der Waals surface area contributed by atoms with E-state index in [4.69, 9.17) is 31.7 Å². The monoisotopic (exact) mass is 734 g/mol. The van der Waals surface area contributed by atoms with Gasteiger partial charge in [-0.3, -0.25) is 27.4 Å². The van der Waals surface area contributed by atoms with Crippen LogP contribution in [0.3, 0.4) is 0 Å². The van der Waals surface area contributed by atoms with E-state index in [0.29, 0.717) is 0 Å². The van der Waals surface area contributed by atoms with E-state index in [-0.39, 0.29) is 6.29 Å². The summed E-state index contributed by atoms with van der Waals surface area (Å²) in [5.74, 6) is 0. The van der Waals surface area contributed by atoms with Crippen LogP contribution in [0.2, 0.25) is 0 Å². The van der Waals surface area contributed by atoms with Gasteiger partial charge >= 0.3 is 45.6 Å². The molecular formula is C17H40O19P6. The minimum absolute atomic E-state index is 0.225. The van der Waals surface area contributed by atoms with Crippen LogP contribution in [0.15, 0.2) is 0 Å². The van der Waals surface area contributed by atoms with Crippen molar-refractivity contribution in [3.05, 3.63) is 0 Å². The average Bonchev–Trinajstić information content (AvgIpc) is 2.81. The lowest BCUT2D eigenvalue weighted by molar-refractivity contribution is -0.108. The van der Waals surface area contributed by atoms with Crippen LogP contribution in [-0.2, 0) is 63.9 Å². The molecule has 0 aliphatic carbocycles. The zero-order valence-electron chi connectivity index (χ0n) is 23.9. The Morgan fingerprint density at radius 2 is 0.738 bits per heavy atom. The van der Waals surface area contributed by atoms with Gasteiger partial charge in [-0.1, -0.05) is 0 Å². The Bertz CT molecular complexity index is 1100. The molecule has 6 unspecified atom stereocenters. The fraction of sp³-hybridized carbons (Fsp3) is 0.941. The predicted molar refractivity (Wildman–Crippen MR) is 149 cm³/mol. The van der Waals surface area contributed by atoms with Crippen LogP contribution in [-0.4, -0.2) is 86.3 Å². The second-order valence-electron chi connectivity index (χ2n) is 7.80. The van der Waals surface area contributed by atoms with Crippen molar-refractivity contribution in [1.82, 2.24) is 0 Å². The summed E-state index contributed by atoms with van der Waals surface area (Å²) < 4.78 is 108. The van der Waals surface area contributed by atoms with E-state index in [9.17, 15) is 56.7 Å². The Hall–Kier alpha value is 0.570. The number of hydrogen-bond acceptors (Lipinski definition) is 14. The molecule has 0 amide bonds. The molecule has 0 fully saturated rings. The van der Waals surface area contributed by atoms with Crippen molar-refractivity contribution in [2.45, 2.75) is 57.2 Å². The van der Waals surface area contributed by atoms with Gasteiger partial charge in [-0.2, -0.15) is 0 Å². The molecule has 0 heterocycles. The summed E-state index contributed by atoms with van der Waals surface area (Å²) in [4.78, 5) is 66.1. The Balaban J connectivity index is 8.11. The maximum absolute atomic E-state index is 14.5. The number of aldehydes is 1. The molecule has 19 nitrogen and oxygen atoms in total. The second-order valence-corrected chi connectivity index (χ2v) is 22.5. The van der Waals surface area contributed by atoms with Gasteiger partial charge in [-0.15, -0.1) is 0 Å². The van der Waals surface area contributed by atoms with Crippen molar-refractivity contribution in [3.8, 4) is 0 Å². The van der Waals surface area contributed by atoms with E-state index in [1.54, 1.807) is 0 Å². The van der Waals surface area contributed by atoms with Gasteiger partial charge in [0.25, 0.3) is 9.28 Å². The first-order chi connectivity index (χ1) is 19.1. The van der Waals surface area contributed by atoms with Crippen molar-refractivity contribution in [2.75, 3.05) is 46.2 Å². The summed E-state index contributed by atoms with van der Waals surface area (Å²) in [5, 5.41) is 0. The van der Waals surface area contributed by atoms with Crippen LogP contribution in [0.25, 0.3) is 0 Å². The molecule has 0 bridgehead atoms. The Kier molecular flexibility index (Phi) is 16.6. The van der Waals surface area contributed by atoms with Crippen molar-refractivity contribution in [1.29, 1.82) is 0 Å². The van der Waals surface area contributed by atoms with Gasteiger partial charge in [-0.25, -0.2) is 0 Å². The first kappa shape index (κ1) is 42.6. The number of rotatable bonds is 23. The largest absolute Gasteiger partial charge is 0.361 e. The van der Waals surface area contributed by atoms with E-state index >= 15 is 0 Å². The van der Waals surface area contributed by atoms with E-state index < -0.39 is 108 Å². The summed E-state index contributed by atoms with van der Waals surface area (Å²) in [6.45, 7) is 0.299. The van der Waals surface area contributed by atoms with Gasteiger partial charge in [0, 0.05) is 6.42 Å². The van der Waals surface area contributed by atoms with Crippen molar-refractivity contribution >= 4 is 51.9 Å². The average molecular weight is 734 g/mol. The fourth-order valence-electron chi connectivity index (χ4n) is 3.62. The highest BCUT2D eigenvalue weighted by Crippen LogP contribution is 2.92. The van der Waals surface area contributed by atoms with E-state index in [1.165, 1.54) is 0 Å². The molecule has 5 N–H and O–H groups in total. The molecule has 252 valence electrons. The minimum atomic E-state index is -6.01. The molecule has 6 atom stereocenters. The summed E-state index contributed by atoms with van der Waals surface area (Å²) in [7, 11) is -35.7. The molecule has 42 heavy (non-hydrogen) atoms. The third-order valence-corrected chi connectivity index (χ3v) is 24.8. The first-order valence-corrected chi connectivity index (χ1v) is 21.8. The van der Waals surface area contributed by atoms with Gasteiger partial charge in [-0.05, 0) is 41.5 Å². The zero-order valence-corrected chi connectivity index (χ0v) is 29.2. The number of hydrogen-bond donors (Lipinski definition) is 5. The van der Waals surface area contributed by atoms with Gasteiger partial charge in [0.15, 0.2) is 0 Å². The molecule has 25 heteroatoms. The lowest BCUT2D eigenvalue weighted by Crippen LogP contribution is -2.39. The van der Waals surface area contributed by atoms with Crippen molar-refractivity contribution < 1.29 is 88.3 Å². The van der Waals surface area contributed by atoms with Gasteiger partial charge in [0.1, 0.15) is 6.29 Å². The molecular weight excluding hydrogens is 694 g/mol. The molecule has 0 aromatic heterocycles. The van der Waals surface area contributed by atoms with Crippen LogP contribution in [0.5, 0.6) is 0 Å². The highest BCUT2D eigenvalue weighted by molar-refractivity contribution is 7.91. The molecule has 0 aliphatic heterocycles. The lowest BCUT2D eigenvalue weighted by atomic mass is 10.5. The van der Waals surface area contributed by atoms with Crippen LogP contribution in [0, 0.1) is 0 Å². The van der Waals surface area contributed by atoms with Gasteiger partial charge < -0.3 is 60.9 Å². The molecule has 0 aliphatic rings. The van der Waals surface area contributed by atoms with Crippen LogP contribution in [0.4, 0.5) is 0 Å². The predicted octanol–water partition coefficient (Wildman–Crippen LogP) is 4.24. The number of carbonyl (C=O) groups is 1. The third kappa shape index (κ3) is 7.92. The Morgan fingerprint density at radius 1 is 0.476 bits per heavy atom.